The third-order valence-electron chi connectivity index (χ3n) is 5.32. The molecule has 0 saturated carbocycles. The minimum Gasteiger partial charge on any atom is -0.423 e. The van der Waals surface area contributed by atoms with Gasteiger partial charge in [0.1, 0.15) is 11.5 Å². The third-order valence-corrected chi connectivity index (χ3v) is 5.32. The number of aryl methyl sites for hydroxylation is 2. The summed E-state index contributed by atoms with van der Waals surface area (Å²) in [5.74, 6) is -0.0829. The van der Waals surface area contributed by atoms with Crippen molar-refractivity contribution in [2.45, 2.75) is 78.1 Å². The fourth-order valence-electron chi connectivity index (χ4n) is 3.53. The van der Waals surface area contributed by atoms with E-state index in [9.17, 15) is 9.59 Å². The van der Waals surface area contributed by atoms with Crippen molar-refractivity contribution in [2.75, 3.05) is 0 Å². The van der Waals surface area contributed by atoms with E-state index >= 15 is 0 Å². The molecular formula is C28H36O4. The van der Waals surface area contributed by atoms with Gasteiger partial charge in [0, 0.05) is 12.2 Å². The molecule has 4 nitrogen and oxygen atoms in total. The van der Waals surface area contributed by atoms with Crippen LogP contribution >= 0.6 is 0 Å². The molecule has 0 aliphatic heterocycles. The lowest BCUT2D eigenvalue weighted by molar-refractivity contribution is -0.131. The summed E-state index contributed by atoms with van der Waals surface area (Å²) in [5.41, 5.74) is 2.01. The van der Waals surface area contributed by atoms with E-state index in [1.807, 2.05) is 36.4 Å². The number of para-hydroxylation sites is 2. The van der Waals surface area contributed by atoms with Gasteiger partial charge in [0.15, 0.2) is 0 Å². The Morgan fingerprint density at radius 2 is 1.03 bits per heavy atom. The van der Waals surface area contributed by atoms with Crippen molar-refractivity contribution >= 4 is 11.9 Å². The Morgan fingerprint density at radius 1 is 0.625 bits per heavy atom. The van der Waals surface area contributed by atoms with Crippen LogP contribution in [-0.4, -0.2) is 11.9 Å². The summed E-state index contributed by atoms with van der Waals surface area (Å²) >= 11 is 0. The van der Waals surface area contributed by atoms with Crippen molar-refractivity contribution < 1.29 is 19.1 Å². The Hall–Kier alpha value is -2.88. The maximum atomic E-state index is 12.3. The second-order valence-electron chi connectivity index (χ2n) is 8.01. The fourth-order valence-corrected chi connectivity index (χ4v) is 3.53. The molecule has 4 heteroatoms. The molecule has 0 saturated heterocycles. The molecule has 0 unspecified atom stereocenters. The molecule has 2 aromatic rings. The topological polar surface area (TPSA) is 52.6 Å². The third kappa shape index (κ3) is 9.51. The van der Waals surface area contributed by atoms with Crippen molar-refractivity contribution in [3.8, 4) is 11.5 Å². The molecule has 0 bridgehead atoms. The standard InChI is InChI=1S/C28H36O4/c1-3-5-7-9-15-23-17-11-13-19-25(23)31-27(29)21-22-28(30)32-26-20-14-12-18-24(26)16-10-8-6-4-2/h11-14,17-22H,3-10,15-16H2,1-2H3/b22-21+. The predicted molar refractivity (Wildman–Crippen MR) is 129 cm³/mol. The lowest BCUT2D eigenvalue weighted by atomic mass is 10.1. The van der Waals surface area contributed by atoms with Crippen LogP contribution in [-0.2, 0) is 22.4 Å². The number of carbonyl (C=O) groups is 2. The molecule has 0 radical (unpaired) electrons. The molecule has 172 valence electrons. The highest BCUT2D eigenvalue weighted by Gasteiger charge is 2.10. The first-order valence-corrected chi connectivity index (χ1v) is 11.9. The maximum Gasteiger partial charge on any atom is 0.336 e. The molecule has 0 N–H and O–H groups in total. The van der Waals surface area contributed by atoms with Gasteiger partial charge in [-0.2, -0.15) is 0 Å². The summed E-state index contributed by atoms with van der Waals surface area (Å²) in [6, 6.07) is 15.1. The number of hydrogen-bond donors (Lipinski definition) is 0. The Bertz CT molecular complexity index is 798. The van der Waals surface area contributed by atoms with Crippen LogP contribution in [0, 0.1) is 0 Å². The molecule has 2 rings (SSSR count). The average Bonchev–Trinajstić information content (AvgIpc) is 2.80. The summed E-state index contributed by atoms with van der Waals surface area (Å²) in [6.07, 6.45) is 13.2. The van der Waals surface area contributed by atoms with Gasteiger partial charge in [0.05, 0.1) is 0 Å². The number of unbranched alkanes of at least 4 members (excludes halogenated alkanes) is 6. The summed E-state index contributed by atoms with van der Waals surface area (Å²) < 4.78 is 10.9. The van der Waals surface area contributed by atoms with E-state index in [-0.39, 0.29) is 0 Å². The second kappa shape index (κ2) is 15.0. The molecule has 0 spiro atoms. The first-order valence-electron chi connectivity index (χ1n) is 11.9. The van der Waals surface area contributed by atoms with E-state index < -0.39 is 11.9 Å². The van der Waals surface area contributed by atoms with Crippen molar-refractivity contribution in [1.82, 2.24) is 0 Å². The van der Waals surface area contributed by atoms with Gasteiger partial charge in [-0.15, -0.1) is 0 Å². The van der Waals surface area contributed by atoms with Gasteiger partial charge in [0.25, 0.3) is 0 Å². The van der Waals surface area contributed by atoms with Crippen LogP contribution in [0.2, 0.25) is 0 Å². The molecule has 32 heavy (non-hydrogen) atoms. The van der Waals surface area contributed by atoms with E-state index in [4.69, 9.17) is 9.47 Å². The highest BCUT2D eigenvalue weighted by Crippen LogP contribution is 2.22. The number of ether oxygens (including phenoxy) is 2. The maximum absolute atomic E-state index is 12.3. The average molecular weight is 437 g/mol. The highest BCUT2D eigenvalue weighted by atomic mass is 16.5. The van der Waals surface area contributed by atoms with Crippen LogP contribution in [0.25, 0.3) is 0 Å². The van der Waals surface area contributed by atoms with Crippen LogP contribution in [0.15, 0.2) is 60.7 Å². The van der Waals surface area contributed by atoms with Crippen LogP contribution in [0.1, 0.15) is 76.3 Å². The van der Waals surface area contributed by atoms with Gasteiger partial charge in [-0.1, -0.05) is 88.8 Å². The zero-order chi connectivity index (χ0) is 23.0. The largest absolute Gasteiger partial charge is 0.423 e. The van der Waals surface area contributed by atoms with Gasteiger partial charge in [0.2, 0.25) is 0 Å². The summed E-state index contributed by atoms with van der Waals surface area (Å²) in [5, 5.41) is 0. The summed E-state index contributed by atoms with van der Waals surface area (Å²) in [4.78, 5) is 24.5. The molecule has 0 aromatic heterocycles. The number of benzene rings is 2. The first-order chi connectivity index (χ1) is 15.6. The minimum absolute atomic E-state index is 0.546. The number of esters is 2. The van der Waals surface area contributed by atoms with Gasteiger partial charge in [-0.05, 0) is 48.9 Å². The number of rotatable bonds is 14. The van der Waals surface area contributed by atoms with E-state index in [1.54, 1.807) is 12.1 Å². The van der Waals surface area contributed by atoms with Crippen molar-refractivity contribution in [2.24, 2.45) is 0 Å². The zero-order valence-electron chi connectivity index (χ0n) is 19.5. The second-order valence-corrected chi connectivity index (χ2v) is 8.01. The van der Waals surface area contributed by atoms with E-state index in [0.29, 0.717) is 11.5 Å². The lowest BCUT2D eigenvalue weighted by Crippen LogP contribution is -2.10. The molecule has 2 aromatic carbocycles. The highest BCUT2D eigenvalue weighted by molar-refractivity contribution is 5.93. The van der Waals surface area contributed by atoms with Gasteiger partial charge in [-0.3, -0.25) is 0 Å². The Kier molecular flexibility index (Phi) is 11.9. The Balaban J connectivity index is 1.89. The SMILES string of the molecule is CCCCCCc1ccccc1OC(=O)/C=C/C(=O)Oc1ccccc1CCCCCC. The van der Waals surface area contributed by atoms with E-state index in [0.717, 1.165) is 61.8 Å². The lowest BCUT2D eigenvalue weighted by Gasteiger charge is -2.09. The fraction of sp³-hybridized carbons (Fsp3) is 0.429. The van der Waals surface area contributed by atoms with Crippen LogP contribution in [0.5, 0.6) is 11.5 Å². The molecule has 0 heterocycles. The van der Waals surface area contributed by atoms with Gasteiger partial charge >= 0.3 is 11.9 Å². The Morgan fingerprint density at radius 3 is 1.44 bits per heavy atom. The van der Waals surface area contributed by atoms with Crippen LogP contribution in [0.4, 0.5) is 0 Å². The molecule has 0 fully saturated rings. The number of carbonyl (C=O) groups excluding carboxylic acids is 2. The van der Waals surface area contributed by atoms with Crippen molar-refractivity contribution in [1.29, 1.82) is 0 Å². The molecule has 0 amide bonds. The summed E-state index contributed by atoms with van der Waals surface area (Å²) in [6.45, 7) is 4.36. The van der Waals surface area contributed by atoms with Crippen molar-refractivity contribution in [3.05, 3.63) is 71.8 Å². The molecule has 0 aliphatic carbocycles. The zero-order valence-corrected chi connectivity index (χ0v) is 19.5. The molecule has 0 aliphatic rings. The van der Waals surface area contributed by atoms with Gasteiger partial charge in [-0.25, -0.2) is 9.59 Å². The smallest absolute Gasteiger partial charge is 0.336 e. The number of hydrogen-bond acceptors (Lipinski definition) is 4. The Labute approximate surface area is 192 Å². The minimum atomic E-state index is -0.587. The molecular weight excluding hydrogens is 400 g/mol. The van der Waals surface area contributed by atoms with Gasteiger partial charge < -0.3 is 9.47 Å². The van der Waals surface area contributed by atoms with E-state index in [2.05, 4.69) is 13.8 Å². The summed E-state index contributed by atoms with van der Waals surface area (Å²) in [7, 11) is 0. The normalized spacial score (nSPS) is 10.9. The van der Waals surface area contributed by atoms with Crippen molar-refractivity contribution in [3.63, 3.8) is 0 Å². The monoisotopic (exact) mass is 436 g/mol. The molecule has 0 atom stereocenters. The first kappa shape index (κ1) is 25.4. The quantitative estimate of drug-likeness (QED) is 0.138. The van der Waals surface area contributed by atoms with Crippen LogP contribution < -0.4 is 9.47 Å². The van der Waals surface area contributed by atoms with E-state index in [1.165, 1.54) is 25.7 Å². The van der Waals surface area contributed by atoms with Crippen LogP contribution in [0.3, 0.4) is 0 Å². The predicted octanol–water partition coefficient (Wildman–Crippen LogP) is 7.00.